The highest BCUT2D eigenvalue weighted by molar-refractivity contribution is 8.00. The molecule has 0 spiro atoms. The smallest absolute Gasteiger partial charge is 0.352 e. The van der Waals surface area contributed by atoms with Gasteiger partial charge in [-0.25, -0.2) is 9.59 Å². The van der Waals surface area contributed by atoms with E-state index in [0.717, 1.165) is 0 Å². The van der Waals surface area contributed by atoms with Crippen molar-refractivity contribution in [1.82, 2.24) is 15.2 Å². The van der Waals surface area contributed by atoms with Crippen LogP contribution in [0.1, 0.15) is 28.9 Å². The second-order valence-corrected chi connectivity index (χ2v) is 8.37. The van der Waals surface area contributed by atoms with Crippen molar-refractivity contribution in [2.75, 3.05) is 5.75 Å². The van der Waals surface area contributed by atoms with Crippen molar-refractivity contribution < 1.29 is 29.0 Å². The molecule has 2 unspecified atom stereocenters. The van der Waals surface area contributed by atoms with E-state index in [1.54, 1.807) is 43.3 Å². The Labute approximate surface area is 187 Å². The van der Waals surface area contributed by atoms with E-state index in [-0.39, 0.29) is 11.3 Å². The molecule has 2 N–H and O–H groups in total. The number of ether oxygens (including phenoxy) is 1. The van der Waals surface area contributed by atoms with Crippen molar-refractivity contribution in [1.29, 1.82) is 0 Å². The van der Waals surface area contributed by atoms with Crippen molar-refractivity contribution in [2.24, 2.45) is 0 Å². The van der Waals surface area contributed by atoms with Gasteiger partial charge in [-0.2, -0.15) is 0 Å². The third kappa shape index (κ3) is 3.96. The van der Waals surface area contributed by atoms with Crippen LogP contribution >= 0.6 is 11.8 Å². The number of fused-ring (bicyclic) bond motifs is 1. The molecular weight excluding hydrogens is 434 g/mol. The molecule has 2 amide bonds. The summed E-state index contributed by atoms with van der Waals surface area (Å²) < 4.78 is 5.48. The molecule has 2 aromatic rings. The Kier molecular flexibility index (Phi) is 5.95. The molecule has 32 heavy (non-hydrogen) atoms. The maximum atomic E-state index is 13.1. The lowest BCUT2D eigenvalue weighted by Crippen LogP contribution is -2.70. The third-order valence-corrected chi connectivity index (χ3v) is 6.55. The zero-order chi connectivity index (χ0) is 22.8. The molecule has 3 atom stereocenters. The summed E-state index contributed by atoms with van der Waals surface area (Å²) in [7, 11) is 0. The van der Waals surface area contributed by atoms with Crippen LogP contribution in [0.15, 0.2) is 66.1 Å². The van der Waals surface area contributed by atoms with Crippen LogP contribution in [0.3, 0.4) is 0 Å². The van der Waals surface area contributed by atoms with Crippen molar-refractivity contribution >= 4 is 35.5 Å². The second-order valence-electron chi connectivity index (χ2n) is 7.27. The number of nitrogens with one attached hydrogen (secondary N) is 1. The number of carbonyl (C=O) groups is 4. The average Bonchev–Trinajstić information content (AvgIpc) is 2.81. The predicted octanol–water partition coefficient (Wildman–Crippen LogP) is 1.74. The number of pyridine rings is 1. The van der Waals surface area contributed by atoms with Gasteiger partial charge in [0.1, 0.15) is 17.1 Å². The Bertz CT molecular complexity index is 1110. The number of carboxylic acids is 1. The van der Waals surface area contributed by atoms with E-state index >= 15 is 0 Å². The lowest BCUT2D eigenvalue weighted by atomic mass is 10.0. The van der Waals surface area contributed by atoms with Gasteiger partial charge in [0, 0.05) is 23.7 Å². The van der Waals surface area contributed by atoms with E-state index in [0.29, 0.717) is 16.9 Å². The van der Waals surface area contributed by atoms with Gasteiger partial charge in [0.2, 0.25) is 6.10 Å². The van der Waals surface area contributed by atoms with Crippen LogP contribution in [0.2, 0.25) is 0 Å². The minimum atomic E-state index is -1.30. The van der Waals surface area contributed by atoms with Gasteiger partial charge in [-0.1, -0.05) is 30.3 Å². The van der Waals surface area contributed by atoms with E-state index in [9.17, 15) is 24.3 Å². The molecule has 1 saturated heterocycles. The summed E-state index contributed by atoms with van der Waals surface area (Å²) >= 11 is 1.37. The zero-order valence-electron chi connectivity index (χ0n) is 16.9. The summed E-state index contributed by atoms with van der Waals surface area (Å²) in [5.41, 5.74) is 1.15. The minimum Gasteiger partial charge on any atom is -0.477 e. The van der Waals surface area contributed by atoms with Crippen molar-refractivity contribution in [3.05, 3.63) is 77.3 Å². The number of rotatable bonds is 6. The molecule has 0 bridgehead atoms. The first-order valence-corrected chi connectivity index (χ1v) is 10.8. The highest BCUT2D eigenvalue weighted by atomic mass is 32.2. The fraction of sp³-hybridized carbons (Fsp3) is 0.227. The second kappa shape index (κ2) is 8.83. The maximum Gasteiger partial charge on any atom is 0.352 e. The van der Waals surface area contributed by atoms with Crippen LogP contribution in [0.25, 0.3) is 0 Å². The lowest BCUT2D eigenvalue weighted by Gasteiger charge is -2.49. The van der Waals surface area contributed by atoms with Gasteiger partial charge in [-0.05, 0) is 24.6 Å². The SMILES string of the molecule is CC1=C(C(=O)O)N2C(=O)C(NC(=O)C(OC(=O)c3cccnc3)c3ccccc3)[C@@H]2SC1. The van der Waals surface area contributed by atoms with Crippen LogP contribution in [-0.2, 0) is 19.1 Å². The quantitative estimate of drug-likeness (QED) is 0.500. The molecule has 0 saturated carbocycles. The molecule has 1 fully saturated rings. The van der Waals surface area contributed by atoms with Crippen molar-refractivity contribution in [3.8, 4) is 0 Å². The van der Waals surface area contributed by atoms with Crippen molar-refractivity contribution in [3.63, 3.8) is 0 Å². The molecule has 10 heteroatoms. The summed E-state index contributed by atoms with van der Waals surface area (Å²) in [5, 5.41) is 11.6. The van der Waals surface area contributed by atoms with Crippen LogP contribution in [-0.4, -0.2) is 55.9 Å². The molecule has 3 heterocycles. The fourth-order valence-electron chi connectivity index (χ4n) is 3.56. The number of aromatic nitrogens is 1. The van der Waals surface area contributed by atoms with E-state index < -0.39 is 41.3 Å². The van der Waals surface area contributed by atoms with Crippen LogP contribution in [0.5, 0.6) is 0 Å². The first-order chi connectivity index (χ1) is 15.4. The molecule has 4 rings (SSSR count). The van der Waals surface area contributed by atoms with Gasteiger partial charge in [-0.3, -0.25) is 19.5 Å². The Morgan fingerprint density at radius 2 is 1.97 bits per heavy atom. The number of amides is 2. The summed E-state index contributed by atoms with van der Waals surface area (Å²) in [4.78, 5) is 55.0. The third-order valence-electron chi connectivity index (χ3n) is 5.12. The zero-order valence-corrected chi connectivity index (χ0v) is 17.7. The number of benzene rings is 1. The van der Waals surface area contributed by atoms with Gasteiger partial charge < -0.3 is 15.2 Å². The monoisotopic (exact) mass is 453 g/mol. The first-order valence-electron chi connectivity index (χ1n) is 9.72. The summed E-state index contributed by atoms with van der Waals surface area (Å²) in [6, 6.07) is 10.6. The first kappa shape index (κ1) is 21.6. The Morgan fingerprint density at radius 1 is 1.22 bits per heavy atom. The number of carboxylic acid groups (broad SMARTS) is 1. The molecule has 0 radical (unpaired) electrons. The predicted molar refractivity (Wildman–Crippen MR) is 114 cm³/mol. The van der Waals surface area contributed by atoms with Crippen molar-refractivity contribution in [2.45, 2.75) is 24.4 Å². The maximum absolute atomic E-state index is 13.1. The minimum absolute atomic E-state index is 0.0492. The molecule has 2 aliphatic rings. The molecule has 2 aliphatic heterocycles. The van der Waals surface area contributed by atoms with E-state index in [2.05, 4.69) is 10.3 Å². The molecule has 1 aromatic carbocycles. The molecule has 1 aromatic heterocycles. The number of carbonyl (C=O) groups excluding carboxylic acids is 3. The standard InChI is InChI=1S/C22H19N3O6S/c1-12-11-32-20-15(19(27)25(20)16(12)21(28)29)24-18(26)17(13-6-3-2-4-7-13)31-22(30)14-8-5-9-23-10-14/h2-10,15,17,20H,11H2,1H3,(H,24,26)(H,28,29)/t15?,17?,20-/m0/s1. The summed E-state index contributed by atoms with van der Waals surface area (Å²) in [6.45, 7) is 1.66. The largest absolute Gasteiger partial charge is 0.477 e. The van der Waals surface area contributed by atoms with Gasteiger partial charge >= 0.3 is 11.9 Å². The van der Waals surface area contributed by atoms with E-state index in [1.165, 1.54) is 35.1 Å². The number of hydrogen-bond acceptors (Lipinski definition) is 7. The van der Waals surface area contributed by atoms with E-state index in [4.69, 9.17) is 4.74 Å². The van der Waals surface area contributed by atoms with Gasteiger partial charge in [0.15, 0.2) is 0 Å². The van der Waals surface area contributed by atoms with Gasteiger partial charge in [0.25, 0.3) is 11.8 Å². The van der Waals surface area contributed by atoms with Crippen LogP contribution in [0.4, 0.5) is 0 Å². The number of hydrogen-bond donors (Lipinski definition) is 2. The lowest BCUT2D eigenvalue weighted by molar-refractivity contribution is -0.151. The highest BCUT2D eigenvalue weighted by Crippen LogP contribution is 2.40. The number of esters is 1. The number of nitrogens with zero attached hydrogens (tertiary/aromatic N) is 2. The van der Waals surface area contributed by atoms with Crippen LogP contribution in [0, 0.1) is 0 Å². The number of aliphatic carboxylic acids is 1. The normalized spacial score (nSPS) is 20.7. The number of thioether (sulfide) groups is 1. The fourth-order valence-corrected chi connectivity index (χ4v) is 4.86. The Hall–Kier alpha value is -3.66. The van der Waals surface area contributed by atoms with Gasteiger partial charge in [-0.15, -0.1) is 11.8 Å². The Morgan fingerprint density at radius 3 is 2.62 bits per heavy atom. The molecule has 164 valence electrons. The van der Waals surface area contributed by atoms with Crippen LogP contribution < -0.4 is 5.32 Å². The summed E-state index contributed by atoms with van der Waals surface area (Å²) in [5.74, 6) is -2.67. The Balaban J connectivity index is 1.53. The topological polar surface area (TPSA) is 126 Å². The molecule has 9 nitrogen and oxygen atoms in total. The molecule has 0 aliphatic carbocycles. The average molecular weight is 453 g/mol. The summed E-state index contributed by atoms with van der Waals surface area (Å²) in [6.07, 6.45) is 1.54. The number of β-lactam (4-membered cyclic amide) rings is 1. The highest BCUT2D eigenvalue weighted by Gasteiger charge is 2.54. The van der Waals surface area contributed by atoms with Gasteiger partial charge in [0.05, 0.1) is 5.56 Å². The van der Waals surface area contributed by atoms with E-state index in [1.807, 2.05) is 0 Å². The molecular formula is C22H19N3O6S.